The maximum Gasteiger partial charge on any atom is 0.116 e. The molecule has 0 amide bonds. The topological polar surface area (TPSA) is 20.2 Å². The van der Waals surface area contributed by atoms with Crippen molar-refractivity contribution >= 4 is 56.4 Å². The average Bonchev–Trinajstić information content (AvgIpc) is 2.83. The fraction of sp³-hybridized carbons (Fsp3) is 0.100. The van der Waals surface area contributed by atoms with E-state index in [4.69, 9.17) is 12.2 Å². The Bertz CT molecular complexity index is 568. The lowest BCUT2D eigenvalue weighted by Gasteiger charge is -2.07. The van der Waals surface area contributed by atoms with Gasteiger partial charge in [-0.05, 0) is 17.7 Å². The van der Waals surface area contributed by atoms with E-state index in [1.807, 2.05) is 35.7 Å². The molecule has 1 aliphatic rings. The van der Waals surface area contributed by atoms with Crippen LogP contribution in [-0.2, 0) is 0 Å². The molecule has 16 heavy (non-hydrogen) atoms. The van der Waals surface area contributed by atoms with Gasteiger partial charge >= 0.3 is 0 Å². The van der Waals surface area contributed by atoms with Crippen molar-refractivity contribution in [3.63, 3.8) is 0 Å². The van der Waals surface area contributed by atoms with E-state index in [1.165, 1.54) is 14.7 Å². The van der Waals surface area contributed by atoms with Crippen LogP contribution in [0.15, 0.2) is 33.4 Å². The first kappa shape index (κ1) is 11.1. The van der Waals surface area contributed by atoms with E-state index in [-0.39, 0.29) is 0 Å². The van der Waals surface area contributed by atoms with Crippen molar-refractivity contribution in [3.05, 3.63) is 33.7 Å². The zero-order valence-electron chi connectivity index (χ0n) is 7.88. The Labute approximate surface area is 114 Å². The highest BCUT2D eigenvalue weighted by molar-refractivity contribution is 8.20. The number of hydrogen-bond acceptors (Lipinski definition) is 6. The van der Waals surface area contributed by atoms with Gasteiger partial charge in [-0.25, -0.2) is 0 Å². The van der Waals surface area contributed by atoms with Crippen molar-refractivity contribution in [1.82, 2.24) is 0 Å². The van der Waals surface area contributed by atoms with E-state index in [0.29, 0.717) is 10.3 Å². The Morgan fingerprint density at radius 1 is 1.06 bits per heavy atom. The lowest BCUT2D eigenvalue weighted by atomic mass is 10.2. The van der Waals surface area contributed by atoms with Crippen LogP contribution >= 0.6 is 56.4 Å². The molecule has 82 valence electrons. The summed E-state index contributed by atoms with van der Waals surface area (Å²) in [5, 5.41) is 9.25. The molecular weight excluding hydrogens is 296 g/mol. The second-order valence-corrected chi connectivity index (χ2v) is 8.83. The van der Waals surface area contributed by atoms with Crippen molar-refractivity contribution in [1.29, 1.82) is 0 Å². The van der Waals surface area contributed by atoms with Crippen molar-refractivity contribution in [2.45, 2.75) is 13.7 Å². The van der Waals surface area contributed by atoms with E-state index in [9.17, 15) is 5.11 Å². The molecule has 3 rings (SSSR count). The van der Waals surface area contributed by atoms with E-state index >= 15 is 0 Å². The van der Waals surface area contributed by atoms with Gasteiger partial charge in [0.2, 0.25) is 0 Å². The Hall–Kier alpha value is -0.0100. The summed E-state index contributed by atoms with van der Waals surface area (Å²) in [7, 11) is 3.45. The van der Waals surface area contributed by atoms with E-state index in [1.54, 1.807) is 32.8 Å². The maximum atomic E-state index is 9.25. The number of benzene rings is 1. The predicted octanol–water partition coefficient (Wildman–Crippen LogP) is 5.14. The number of thioether (sulfide) groups is 2. The number of hydrogen-bond donors (Lipinski definition) is 1. The Kier molecular flexibility index (Phi) is 3.01. The molecule has 0 aliphatic carbocycles. The van der Waals surface area contributed by atoms with Gasteiger partial charge in [0, 0.05) is 0 Å². The molecule has 1 N–H and O–H groups in total. The highest BCUT2D eigenvalue weighted by Gasteiger charge is 2.27. The Morgan fingerprint density at radius 2 is 1.81 bits per heavy atom. The minimum absolute atomic E-state index is 0.317. The second-order valence-electron chi connectivity index (χ2n) is 3.23. The molecule has 6 heteroatoms. The summed E-state index contributed by atoms with van der Waals surface area (Å²) >= 11 is 8.98. The first-order valence-electron chi connectivity index (χ1n) is 4.49. The normalized spacial score (nSPS) is 18.6. The molecule has 2 aromatic rings. The van der Waals surface area contributed by atoms with Crippen LogP contribution in [0, 0.1) is 3.82 Å². The highest BCUT2D eigenvalue weighted by Crippen LogP contribution is 2.60. The third kappa shape index (κ3) is 1.93. The van der Waals surface area contributed by atoms with Crippen LogP contribution < -0.4 is 0 Å². The van der Waals surface area contributed by atoms with Crippen molar-refractivity contribution in [2.24, 2.45) is 0 Å². The molecule has 0 spiro atoms. The van der Waals surface area contributed by atoms with Gasteiger partial charge in [-0.1, -0.05) is 56.8 Å². The monoisotopic (exact) mass is 302 g/mol. The summed E-state index contributed by atoms with van der Waals surface area (Å²) in [5.74, 6) is 0.317. The fourth-order valence-corrected chi connectivity index (χ4v) is 8.27. The van der Waals surface area contributed by atoms with Crippen LogP contribution in [-0.4, -0.2) is 5.11 Å². The fourth-order valence-electron chi connectivity index (χ4n) is 1.40. The quantitative estimate of drug-likeness (QED) is 0.581. The van der Waals surface area contributed by atoms with Gasteiger partial charge in [-0.2, -0.15) is 0 Å². The molecule has 1 aromatic carbocycles. The minimum atomic E-state index is 0.317. The molecule has 1 atom stereocenters. The van der Waals surface area contributed by atoms with Crippen LogP contribution in [0.4, 0.5) is 0 Å². The third-order valence-electron chi connectivity index (χ3n) is 2.17. The highest BCUT2D eigenvalue weighted by atomic mass is 32.9. The first-order chi connectivity index (χ1) is 7.74. The number of phenols is 1. The van der Waals surface area contributed by atoms with Crippen LogP contribution in [0.5, 0.6) is 5.75 Å². The van der Waals surface area contributed by atoms with Crippen LogP contribution in [0.2, 0.25) is 0 Å². The van der Waals surface area contributed by atoms with Crippen molar-refractivity contribution in [3.8, 4) is 5.75 Å². The Morgan fingerprint density at radius 3 is 2.50 bits per heavy atom. The van der Waals surface area contributed by atoms with Gasteiger partial charge < -0.3 is 5.11 Å². The van der Waals surface area contributed by atoms with E-state index < -0.39 is 0 Å². The van der Waals surface area contributed by atoms with Crippen LogP contribution in [0.25, 0.3) is 0 Å². The maximum absolute atomic E-state index is 9.25. The molecule has 0 unspecified atom stereocenters. The number of fused-ring (bicyclic) bond motifs is 1. The molecule has 2 heterocycles. The number of phenolic OH excluding ortho intramolecular Hbond substituents is 1. The van der Waals surface area contributed by atoms with Gasteiger partial charge in [0.15, 0.2) is 0 Å². The lowest BCUT2D eigenvalue weighted by molar-refractivity contribution is 0.475. The van der Waals surface area contributed by atoms with Crippen LogP contribution in [0.3, 0.4) is 0 Å². The standard InChI is InChI=1S/C10H6OS5/c11-6-3-1-5(2-4-6)9-13-7-8(12)15-16-10(7)14-9/h1-4,9,11H/t9-/m0/s1. The van der Waals surface area contributed by atoms with Gasteiger partial charge in [-0.3, -0.25) is 0 Å². The van der Waals surface area contributed by atoms with Crippen LogP contribution in [0.1, 0.15) is 10.1 Å². The van der Waals surface area contributed by atoms with Gasteiger partial charge in [-0.15, -0.1) is 11.8 Å². The van der Waals surface area contributed by atoms with E-state index in [2.05, 4.69) is 0 Å². The van der Waals surface area contributed by atoms with Crippen molar-refractivity contribution in [2.75, 3.05) is 0 Å². The summed E-state index contributed by atoms with van der Waals surface area (Å²) in [6.07, 6.45) is 0. The molecule has 0 bridgehead atoms. The van der Waals surface area contributed by atoms with Gasteiger partial charge in [0.25, 0.3) is 0 Å². The molecule has 0 radical (unpaired) electrons. The van der Waals surface area contributed by atoms with E-state index in [0.717, 1.165) is 3.82 Å². The predicted molar refractivity (Wildman–Crippen MR) is 75.6 cm³/mol. The molecule has 1 aliphatic heterocycles. The zero-order chi connectivity index (χ0) is 11.1. The third-order valence-corrected chi connectivity index (χ3v) is 8.97. The number of aromatic hydroxyl groups is 1. The molecule has 0 saturated carbocycles. The first-order valence-corrected chi connectivity index (χ1v) is 8.81. The average molecular weight is 302 g/mol. The SMILES string of the molecule is Oc1ccc([C@@H]2Sc3ssc(=S)c3S2)cc1. The number of rotatable bonds is 1. The van der Waals surface area contributed by atoms with Gasteiger partial charge in [0.1, 0.15) is 9.57 Å². The Balaban J connectivity index is 1.91. The largest absolute Gasteiger partial charge is 0.508 e. The molecule has 1 nitrogen and oxygen atoms in total. The molecule has 1 aromatic heterocycles. The van der Waals surface area contributed by atoms with Crippen molar-refractivity contribution < 1.29 is 5.11 Å². The zero-order valence-corrected chi connectivity index (χ0v) is 12.0. The smallest absolute Gasteiger partial charge is 0.116 e. The summed E-state index contributed by atoms with van der Waals surface area (Å²) in [5.41, 5.74) is 1.23. The molecule has 0 fully saturated rings. The lowest BCUT2D eigenvalue weighted by Crippen LogP contribution is -1.82. The second kappa shape index (κ2) is 4.34. The molecular formula is C10H6OS5. The summed E-state index contributed by atoms with van der Waals surface area (Å²) in [4.78, 5) is 1.27. The summed E-state index contributed by atoms with van der Waals surface area (Å²) < 4.78 is 2.74. The summed E-state index contributed by atoms with van der Waals surface area (Å²) in [6, 6.07) is 7.42. The summed E-state index contributed by atoms with van der Waals surface area (Å²) in [6.45, 7) is 0. The minimum Gasteiger partial charge on any atom is -0.508 e. The molecule has 0 saturated heterocycles. The van der Waals surface area contributed by atoms with Gasteiger partial charge in [0.05, 0.1) is 13.7 Å².